The highest BCUT2D eigenvalue weighted by atomic mass is 16.6. The Hall–Kier alpha value is -2.66. The first-order chi connectivity index (χ1) is 13.8. The van der Waals surface area contributed by atoms with Crippen LogP contribution in [-0.2, 0) is 22.6 Å². The lowest BCUT2D eigenvalue weighted by atomic mass is 10.1. The molecule has 0 unspecified atom stereocenters. The van der Waals surface area contributed by atoms with E-state index in [1.165, 1.54) is 5.56 Å². The average molecular weight is 398 g/mol. The summed E-state index contributed by atoms with van der Waals surface area (Å²) in [5.74, 6) is -0.688. The maximum absolute atomic E-state index is 12.1. The zero-order valence-electron chi connectivity index (χ0n) is 18.0. The van der Waals surface area contributed by atoms with E-state index in [0.717, 1.165) is 25.1 Å². The van der Waals surface area contributed by atoms with E-state index in [2.05, 4.69) is 24.1 Å². The van der Waals surface area contributed by atoms with Crippen LogP contribution in [0.25, 0.3) is 0 Å². The summed E-state index contributed by atoms with van der Waals surface area (Å²) in [5.41, 5.74) is 2.28. The molecule has 0 heterocycles. The van der Waals surface area contributed by atoms with Crippen molar-refractivity contribution >= 4 is 11.9 Å². The quantitative estimate of drug-likeness (QED) is 0.461. The second-order valence-electron chi connectivity index (χ2n) is 7.91. The topological polar surface area (TPSA) is 55.8 Å². The molecule has 0 spiro atoms. The van der Waals surface area contributed by atoms with Crippen molar-refractivity contribution in [2.45, 2.75) is 40.7 Å². The van der Waals surface area contributed by atoms with Gasteiger partial charge >= 0.3 is 11.9 Å². The van der Waals surface area contributed by atoms with E-state index in [9.17, 15) is 9.59 Å². The van der Waals surface area contributed by atoms with Gasteiger partial charge < -0.3 is 14.4 Å². The summed E-state index contributed by atoms with van der Waals surface area (Å²) in [4.78, 5) is 26.3. The third kappa shape index (κ3) is 7.35. The van der Waals surface area contributed by atoms with Crippen molar-refractivity contribution in [1.82, 2.24) is 4.90 Å². The van der Waals surface area contributed by atoms with E-state index < -0.39 is 0 Å². The minimum Gasteiger partial charge on any atom is -0.422 e. The van der Waals surface area contributed by atoms with Gasteiger partial charge in [-0.25, -0.2) is 0 Å². The fourth-order valence-corrected chi connectivity index (χ4v) is 2.62. The largest absolute Gasteiger partial charge is 0.422 e. The van der Waals surface area contributed by atoms with Gasteiger partial charge in [-0.1, -0.05) is 64.1 Å². The first kappa shape index (κ1) is 22.6. The molecule has 2 rings (SSSR count). The van der Waals surface area contributed by atoms with Gasteiger partial charge in [-0.15, -0.1) is 0 Å². The highest BCUT2D eigenvalue weighted by Crippen LogP contribution is 2.30. The molecule has 0 N–H and O–H groups in total. The van der Waals surface area contributed by atoms with E-state index in [4.69, 9.17) is 9.47 Å². The second-order valence-corrected chi connectivity index (χ2v) is 7.91. The summed E-state index contributed by atoms with van der Waals surface area (Å²) in [6.45, 7) is 8.77. The van der Waals surface area contributed by atoms with Gasteiger partial charge in [0.2, 0.25) is 0 Å². The minimum atomic E-state index is -0.359. The number of ether oxygens (including phenoxy) is 2. The molecule has 0 bridgehead atoms. The average Bonchev–Trinajstić information content (AvgIpc) is 2.68. The Morgan fingerprint density at radius 1 is 0.828 bits per heavy atom. The van der Waals surface area contributed by atoms with Gasteiger partial charge in [0.05, 0.1) is 11.8 Å². The zero-order valence-corrected chi connectivity index (χ0v) is 18.0. The number of carbonyl (C=O) groups excluding carboxylic acids is 2. The first-order valence-electron chi connectivity index (χ1n) is 10.0. The standard InChI is InChI=1S/C24H31NO4/c1-17(2)23(26)28-21-12-11-19(15-22(21)29-24(27)18(3)4)13-14-25(5)16-20-9-7-6-8-10-20/h6-12,15,17-18H,13-14,16H2,1-5H3. The van der Waals surface area contributed by atoms with Crippen molar-refractivity contribution in [3.63, 3.8) is 0 Å². The number of esters is 2. The molecule has 0 radical (unpaired) electrons. The maximum Gasteiger partial charge on any atom is 0.313 e. The minimum absolute atomic E-state index is 0.269. The van der Waals surface area contributed by atoms with Gasteiger partial charge in [0, 0.05) is 13.1 Å². The molecular weight excluding hydrogens is 366 g/mol. The molecule has 5 nitrogen and oxygen atoms in total. The van der Waals surface area contributed by atoms with E-state index in [1.807, 2.05) is 24.3 Å². The molecule has 0 saturated carbocycles. The molecule has 0 aliphatic heterocycles. The Morgan fingerprint density at radius 3 is 2.00 bits per heavy atom. The van der Waals surface area contributed by atoms with E-state index >= 15 is 0 Å². The molecule has 2 aromatic carbocycles. The molecular formula is C24H31NO4. The van der Waals surface area contributed by atoms with Crippen LogP contribution in [0.3, 0.4) is 0 Å². The monoisotopic (exact) mass is 397 g/mol. The summed E-state index contributed by atoms with van der Waals surface area (Å²) in [6.07, 6.45) is 0.786. The van der Waals surface area contributed by atoms with Crippen LogP contribution in [0.5, 0.6) is 11.5 Å². The van der Waals surface area contributed by atoms with Crippen molar-refractivity contribution in [3.8, 4) is 11.5 Å². The van der Waals surface area contributed by atoms with E-state index in [1.54, 1.807) is 39.8 Å². The molecule has 0 saturated heterocycles. The number of hydrogen-bond acceptors (Lipinski definition) is 5. The van der Waals surface area contributed by atoms with Crippen LogP contribution in [0.2, 0.25) is 0 Å². The number of hydrogen-bond donors (Lipinski definition) is 0. The summed E-state index contributed by atoms with van der Waals surface area (Å²) in [6, 6.07) is 15.7. The highest BCUT2D eigenvalue weighted by Gasteiger charge is 2.18. The SMILES string of the molecule is CC(C)C(=O)Oc1ccc(CCN(C)Cc2ccccc2)cc1OC(=O)C(C)C. The Labute approximate surface area is 173 Å². The summed E-state index contributed by atoms with van der Waals surface area (Å²) in [5, 5.41) is 0. The van der Waals surface area contributed by atoms with Crippen molar-refractivity contribution in [1.29, 1.82) is 0 Å². The third-order valence-electron chi connectivity index (χ3n) is 4.45. The van der Waals surface area contributed by atoms with Crippen LogP contribution in [0.15, 0.2) is 48.5 Å². The van der Waals surface area contributed by atoms with Gasteiger partial charge in [-0.3, -0.25) is 9.59 Å². The predicted octanol–water partition coefficient (Wildman–Crippen LogP) is 4.48. The van der Waals surface area contributed by atoms with Crippen LogP contribution in [-0.4, -0.2) is 30.4 Å². The molecule has 0 aliphatic rings. The predicted molar refractivity (Wildman–Crippen MR) is 114 cm³/mol. The highest BCUT2D eigenvalue weighted by molar-refractivity contribution is 5.78. The zero-order chi connectivity index (χ0) is 21.4. The normalized spacial score (nSPS) is 11.2. The third-order valence-corrected chi connectivity index (χ3v) is 4.45. The molecule has 0 aromatic heterocycles. The molecule has 0 fully saturated rings. The lowest BCUT2D eigenvalue weighted by molar-refractivity contribution is -0.140. The fraction of sp³-hybridized carbons (Fsp3) is 0.417. The maximum atomic E-state index is 12.1. The van der Waals surface area contributed by atoms with Crippen molar-refractivity contribution in [2.75, 3.05) is 13.6 Å². The Morgan fingerprint density at radius 2 is 1.41 bits per heavy atom. The molecule has 29 heavy (non-hydrogen) atoms. The van der Waals surface area contributed by atoms with Crippen LogP contribution in [0, 0.1) is 11.8 Å². The Kier molecular flexibility index (Phi) is 8.40. The van der Waals surface area contributed by atoms with E-state index in [0.29, 0.717) is 5.75 Å². The van der Waals surface area contributed by atoms with Gasteiger partial charge in [0.1, 0.15) is 0 Å². The molecule has 0 atom stereocenters. The second kappa shape index (κ2) is 10.8. The van der Waals surface area contributed by atoms with Gasteiger partial charge in [-0.05, 0) is 36.7 Å². The lowest BCUT2D eigenvalue weighted by Gasteiger charge is -2.18. The number of rotatable bonds is 9. The van der Waals surface area contributed by atoms with Crippen LogP contribution in [0.1, 0.15) is 38.8 Å². The lowest BCUT2D eigenvalue weighted by Crippen LogP contribution is -2.21. The Bertz CT molecular complexity index is 815. The van der Waals surface area contributed by atoms with Gasteiger partial charge in [0.15, 0.2) is 11.5 Å². The summed E-state index contributed by atoms with van der Waals surface area (Å²) >= 11 is 0. The van der Waals surface area contributed by atoms with Crippen molar-refractivity contribution < 1.29 is 19.1 Å². The molecule has 0 aliphatic carbocycles. The summed E-state index contributed by atoms with van der Waals surface area (Å²) in [7, 11) is 2.07. The van der Waals surface area contributed by atoms with E-state index in [-0.39, 0.29) is 29.5 Å². The molecule has 156 valence electrons. The fourth-order valence-electron chi connectivity index (χ4n) is 2.62. The molecule has 5 heteroatoms. The van der Waals surface area contributed by atoms with Crippen LogP contribution < -0.4 is 9.47 Å². The van der Waals surface area contributed by atoms with Crippen molar-refractivity contribution in [2.24, 2.45) is 11.8 Å². The number of likely N-dealkylation sites (N-methyl/N-ethyl adjacent to an activating group) is 1. The Balaban J connectivity index is 2.09. The summed E-state index contributed by atoms with van der Waals surface area (Å²) < 4.78 is 10.9. The first-order valence-corrected chi connectivity index (χ1v) is 10.0. The smallest absolute Gasteiger partial charge is 0.313 e. The van der Waals surface area contributed by atoms with Gasteiger partial charge in [-0.2, -0.15) is 0 Å². The van der Waals surface area contributed by atoms with Crippen LogP contribution >= 0.6 is 0 Å². The number of nitrogens with zero attached hydrogens (tertiary/aromatic N) is 1. The number of benzene rings is 2. The van der Waals surface area contributed by atoms with Crippen LogP contribution in [0.4, 0.5) is 0 Å². The van der Waals surface area contributed by atoms with Crippen molar-refractivity contribution in [3.05, 3.63) is 59.7 Å². The molecule has 0 amide bonds. The number of carbonyl (C=O) groups is 2. The van der Waals surface area contributed by atoms with Gasteiger partial charge in [0.25, 0.3) is 0 Å². The molecule has 2 aromatic rings.